The summed E-state index contributed by atoms with van der Waals surface area (Å²) in [6.45, 7) is 2.74. The Morgan fingerprint density at radius 1 is 1.42 bits per heavy atom. The zero-order valence-corrected chi connectivity index (χ0v) is 11.7. The number of anilines is 2. The van der Waals surface area contributed by atoms with Crippen LogP contribution in [0.5, 0.6) is 0 Å². The fourth-order valence-corrected chi connectivity index (χ4v) is 1.92. The van der Waals surface area contributed by atoms with Gasteiger partial charge in [-0.25, -0.2) is 4.79 Å². The molecule has 0 aliphatic carbocycles. The quantitative estimate of drug-likeness (QED) is 0.585. The Kier molecular flexibility index (Phi) is 6.15. The van der Waals surface area contributed by atoms with Crippen LogP contribution in [0, 0.1) is 0 Å². The minimum absolute atomic E-state index is 0.212. The van der Waals surface area contributed by atoms with E-state index in [1.54, 1.807) is 19.2 Å². The van der Waals surface area contributed by atoms with Crippen LogP contribution in [-0.2, 0) is 9.47 Å². The average Bonchev–Trinajstić information content (AvgIpc) is 2.40. The standard InChI is InChI=1S/C14H22N2O3/c1-4-5-11(9-18-2)16-10-6-7-13(15)12(8-10)14(17)19-3/h6-8,11,16H,4-5,9,15H2,1-3H3. The van der Waals surface area contributed by atoms with Crippen LogP contribution in [0.25, 0.3) is 0 Å². The molecule has 1 unspecified atom stereocenters. The van der Waals surface area contributed by atoms with Gasteiger partial charge in [0.25, 0.3) is 0 Å². The van der Waals surface area contributed by atoms with Gasteiger partial charge in [-0.15, -0.1) is 0 Å². The molecule has 0 bridgehead atoms. The summed E-state index contributed by atoms with van der Waals surface area (Å²) < 4.78 is 9.87. The molecule has 0 aliphatic rings. The van der Waals surface area contributed by atoms with Crippen molar-refractivity contribution in [2.24, 2.45) is 0 Å². The first kappa shape index (κ1) is 15.3. The Hall–Kier alpha value is -1.75. The van der Waals surface area contributed by atoms with Gasteiger partial charge in [0.15, 0.2) is 0 Å². The lowest BCUT2D eigenvalue weighted by molar-refractivity contribution is 0.0602. The van der Waals surface area contributed by atoms with Crippen LogP contribution in [-0.4, -0.2) is 32.8 Å². The maximum atomic E-state index is 11.6. The van der Waals surface area contributed by atoms with Crippen molar-refractivity contribution < 1.29 is 14.3 Å². The van der Waals surface area contributed by atoms with E-state index < -0.39 is 5.97 Å². The zero-order chi connectivity index (χ0) is 14.3. The van der Waals surface area contributed by atoms with E-state index in [0.717, 1.165) is 18.5 Å². The predicted octanol–water partition coefficient (Wildman–Crippen LogP) is 2.28. The van der Waals surface area contributed by atoms with Gasteiger partial charge < -0.3 is 20.5 Å². The summed E-state index contributed by atoms with van der Waals surface area (Å²) in [5.41, 5.74) is 7.39. The number of hydrogen-bond acceptors (Lipinski definition) is 5. The van der Waals surface area contributed by atoms with Crippen LogP contribution >= 0.6 is 0 Å². The minimum Gasteiger partial charge on any atom is -0.465 e. The highest BCUT2D eigenvalue weighted by Gasteiger charge is 2.13. The van der Waals surface area contributed by atoms with Crippen LogP contribution in [0.4, 0.5) is 11.4 Å². The first-order valence-electron chi connectivity index (χ1n) is 6.35. The second-order valence-electron chi connectivity index (χ2n) is 4.38. The SMILES string of the molecule is CCCC(COC)Nc1ccc(N)c(C(=O)OC)c1. The van der Waals surface area contributed by atoms with E-state index in [4.69, 9.17) is 15.2 Å². The molecule has 0 saturated heterocycles. The fourth-order valence-electron chi connectivity index (χ4n) is 1.92. The molecule has 0 aliphatic heterocycles. The molecule has 0 fully saturated rings. The minimum atomic E-state index is -0.431. The molecule has 0 spiro atoms. The maximum Gasteiger partial charge on any atom is 0.340 e. The van der Waals surface area contributed by atoms with Gasteiger partial charge in [-0.3, -0.25) is 0 Å². The molecule has 3 N–H and O–H groups in total. The third-order valence-corrected chi connectivity index (χ3v) is 2.83. The third-order valence-electron chi connectivity index (χ3n) is 2.83. The van der Waals surface area contributed by atoms with Gasteiger partial charge in [-0.2, -0.15) is 0 Å². The van der Waals surface area contributed by atoms with E-state index >= 15 is 0 Å². The van der Waals surface area contributed by atoms with Crippen LogP contribution in [0.1, 0.15) is 30.1 Å². The van der Waals surface area contributed by atoms with Gasteiger partial charge in [-0.1, -0.05) is 13.3 Å². The summed E-state index contributed by atoms with van der Waals surface area (Å²) in [6.07, 6.45) is 2.05. The number of rotatable bonds is 7. The van der Waals surface area contributed by atoms with Crippen molar-refractivity contribution >= 4 is 17.3 Å². The van der Waals surface area contributed by atoms with Gasteiger partial charge in [0.1, 0.15) is 0 Å². The molecule has 0 saturated carbocycles. The summed E-state index contributed by atoms with van der Waals surface area (Å²) >= 11 is 0. The first-order chi connectivity index (χ1) is 9.12. The number of ether oxygens (including phenoxy) is 2. The molecule has 5 nitrogen and oxygen atoms in total. The number of methoxy groups -OCH3 is 2. The second kappa shape index (κ2) is 7.63. The zero-order valence-electron chi connectivity index (χ0n) is 11.7. The molecule has 0 radical (unpaired) electrons. The fraction of sp³-hybridized carbons (Fsp3) is 0.500. The van der Waals surface area contributed by atoms with Crippen LogP contribution in [0.15, 0.2) is 18.2 Å². The van der Waals surface area contributed by atoms with E-state index in [1.807, 2.05) is 6.07 Å². The van der Waals surface area contributed by atoms with E-state index in [0.29, 0.717) is 17.9 Å². The molecule has 0 aromatic heterocycles. The van der Waals surface area contributed by atoms with Crippen molar-refractivity contribution in [3.63, 3.8) is 0 Å². The molecule has 1 aromatic rings. The number of nitrogens with two attached hydrogens (primary N) is 1. The van der Waals surface area contributed by atoms with Crippen molar-refractivity contribution in [1.82, 2.24) is 0 Å². The number of carbonyl (C=O) groups is 1. The molecule has 19 heavy (non-hydrogen) atoms. The molecule has 5 heteroatoms. The summed E-state index contributed by atoms with van der Waals surface area (Å²) in [4.78, 5) is 11.6. The highest BCUT2D eigenvalue weighted by molar-refractivity contribution is 5.96. The molecule has 1 atom stereocenters. The van der Waals surface area contributed by atoms with Crippen molar-refractivity contribution in [2.45, 2.75) is 25.8 Å². The van der Waals surface area contributed by atoms with Crippen LogP contribution in [0.3, 0.4) is 0 Å². The van der Waals surface area contributed by atoms with Crippen molar-refractivity contribution in [1.29, 1.82) is 0 Å². The molecule has 1 aromatic carbocycles. The highest BCUT2D eigenvalue weighted by atomic mass is 16.5. The smallest absolute Gasteiger partial charge is 0.340 e. The van der Waals surface area contributed by atoms with Crippen molar-refractivity contribution in [3.8, 4) is 0 Å². The molecular weight excluding hydrogens is 244 g/mol. The summed E-state index contributed by atoms with van der Waals surface area (Å²) in [6, 6.07) is 5.47. The Morgan fingerprint density at radius 2 is 2.16 bits per heavy atom. The van der Waals surface area contributed by atoms with Gasteiger partial charge >= 0.3 is 5.97 Å². The van der Waals surface area contributed by atoms with Crippen molar-refractivity contribution in [3.05, 3.63) is 23.8 Å². The Morgan fingerprint density at radius 3 is 2.74 bits per heavy atom. The highest BCUT2D eigenvalue weighted by Crippen LogP contribution is 2.20. The largest absolute Gasteiger partial charge is 0.465 e. The van der Waals surface area contributed by atoms with Gasteiger partial charge in [-0.05, 0) is 24.6 Å². The van der Waals surface area contributed by atoms with Gasteiger partial charge in [0, 0.05) is 24.5 Å². The lowest BCUT2D eigenvalue weighted by Gasteiger charge is -2.19. The maximum absolute atomic E-state index is 11.6. The van der Waals surface area contributed by atoms with E-state index in [1.165, 1.54) is 7.11 Å². The number of hydrogen-bond donors (Lipinski definition) is 2. The second-order valence-corrected chi connectivity index (χ2v) is 4.38. The Bertz CT molecular complexity index is 415. The van der Waals surface area contributed by atoms with Gasteiger partial charge in [0.2, 0.25) is 0 Å². The summed E-state index contributed by atoms with van der Waals surface area (Å²) in [5.74, 6) is -0.431. The number of nitrogens with one attached hydrogen (secondary N) is 1. The van der Waals surface area contributed by atoms with E-state index in [2.05, 4.69) is 12.2 Å². The Labute approximate surface area is 114 Å². The Balaban J connectivity index is 2.85. The van der Waals surface area contributed by atoms with Crippen LogP contribution < -0.4 is 11.1 Å². The first-order valence-corrected chi connectivity index (χ1v) is 6.35. The lowest BCUT2D eigenvalue weighted by atomic mass is 10.1. The predicted molar refractivity (Wildman–Crippen MR) is 76.4 cm³/mol. The molecule has 0 heterocycles. The van der Waals surface area contributed by atoms with Crippen LogP contribution in [0.2, 0.25) is 0 Å². The molecular formula is C14H22N2O3. The third kappa shape index (κ3) is 4.44. The monoisotopic (exact) mass is 266 g/mol. The van der Waals surface area contributed by atoms with E-state index in [-0.39, 0.29) is 6.04 Å². The average molecular weight is 266 g/mol. The topological polar surface area (TPSA) is 73.6 Å². The summed E-state index contributed by atoms with van der Waals surface area (Å²) in [5, 5.41) is 3.34. The molecule has 1 rings (SSSR count). The van der Waals surface area contributed by atoms with Crippen molar-refractivity contribution in [2.75, 3.05) is 31.9 Å². The number of benzene rings is 1. The number of esters is 1. The number of carbonyl (C=O) groups excluding carboxylic acids is 1. The van der Waals surface area contributed by atoms with E-state index in [9.17, 15) is 4.79 Å². The lowest BCUT2D eigenvalue weighted by Crippen LogP contribution is -2.24. The van der Waals surface area contributed by atoms with Gasteiger partial charge in [0.05, 0.1) is 19.3 Å². The normalized spacial score (nSPS) is 11.9. The molecule has 0 amide bonds. The summed E-state index contributed by atoms with van der Waals surface area (Å²) in [7, 11) is 3.01. The molecule has 106 valence electrons. The number of nitrogen functional groups attached to an aromatic ring is 1.